The molecule has 88 valence electrons. The second-order valence-corrected chi connectivity index (χ2v) is 4.82. The first kappa shape index (κ1) is 11.6. The van der Waals surface area contributed by atoms with E-state index in [0.717, 1.165) is 0 Å². The van der Waals surface area contributed by atoms with Crippen molar-refractivity contribution in [3.05, 3.63) is 59.2 Å². The number of carboxylic acid groups (broad SMARTS) is 1. The molecule has 0 radical (unpaired) electrons. The lowest BCUT2D eigenvalue weighted by atomic mass is 9.74. The molecule has 2 heteroatoms. The van der Waals surface area contributed by atoms with Crippen LogP contribution in [0.1, 0.15) is 24.5 Å². The molecule has 1 unspecified atom stereocenters. The number of rotatable bonds is 2. The fourth-order valence-electron chi connectivity index (χ4n) is 2.24. The molecule has 1 aliphatic carbocycles. The van der Waals surface area contributed by atoms with Gasteiger partial charge in [-0.05, 0) is 18.9 Å². The molecule has 0 spiro atoms. The summed E-state index contributed by atoms with van der Waals surface area (Å²) in [5, 5.41) is 9.07. The Balaban J connectivity index is 2.36. The third-order valence-electron chi connectivity index (χ3n) is 3.27. The largest absolute Gasteiger partial charge is 0.478 e. The first-order chi connectivity index (χ1) is 8.01. The van der Waals surface area contributed by atoms with Crippen molar-refractivity contribution in [1.82, 2.24) is 0 Å². The summed E-state index contributed by atoms with van der Waals surface area (Å²) in [6.45, 7) is 4.13. The molecular formula is C15H16O2. The van der Waals surface area contributed by atoms with Crippen molar-refractivity contribution in [2.45, 2.75) is 25.7 Å². The Morgan fingerprint density at radius 2 is 2.18 bits per heavy atom. The summed E-state index contributed by atoms with van der Waals surface area (Å²) in [5.74, 6) is -0.826. The van der Waals surface area contributed by atoms with Gasteiger partial charge in [-0.2, -0.15) is 0 Å². The molecule has 0 saturated carbocycles. The standard InChI is InChI=1S/C15H16O2/c1-11-5-3-7-13(9-11)15(2)8-4-6-12(10-15)14(16)17/h3-9H,10H2,1-2H3,(H,16,17). The van der Waals surface area contributed by atoms with E-state index in [1.165, 1.54) is 11.1 Å². The molecule has 0 fully saturated rings. The van der Waals surface area contributed by atoms with Crippen LogP contribution in [0.4, 0.5) is 0 Å². The summed E-state index contributed by atoms with van der Waals surface area (Å²) in [6.07, 6.45) is 6.14. The zero-order chi connectivity index (χ0) is 12.5. The molecule has 17 heavy (non-hydrogen) atoms. The Bertz CT molecular complexity index is 511. The molecular weight excluding hydrogens is 212 g/mol. The molecule has 1 N–H and O–H groups in total. The molecule has 1 aliphatic rings. The topological polar surface area (TPSA) is 37.3 Å². The molecule has 0 saturated heterocycles. The third-order valence-corrected chi connectivity index (χ3v) is 3.27. The van der Waals surface area contributed by atoms with E-state index in [1.807, 2.05) is 25.1 Å². The highest BCUT2D eigenvalue weighted by atomic mass is 16.4. The third kappa shape index (κ3) is 2.31. The highest BCUT2D eigenvalue weighted by molar-refractivity contribution is 5.87. The lowest BCUT2D eigenvalue weighted by Crippen LogP contribution is -2.24. The van der Waals surface area contributed by atoms with E-state index < -0.39 is 5.97 Å². The van der Waals surface area contributed by atoms with Crippen LogP contribution in [-0.2, 0) is 10.2 Å². The molecule has 1 aromatic rings. The zero-order valence-electron chi connectivity index (χ0n) is 10.1. The highest BCUT2D eigenvalue weighted by Crippen LogP contribution is 2.35. The summed E-state index contributed by atoms with van der Waals surface area (Å²) in [5.41, 5.74) is 2.62. The molecule has 0 amide bonds. The Labute approximate surface area is 101 Å². The van der Waals surface area contributed by atoms with Crippen LogP contribution < -0.4 is 0 Å². The van der Waals surface area contributed by atoms with Crippen molar-refractivity contribution in [1.29, 1.82) is 0 Å². The number of aryl methyl sites for hydroxylation is 1. The first-order valence-corrected chi connectivity index (χ1v) is 5.70. The van der Waals surface area contributed by atoms with Crippen molar-refractivity contribution in [2.24, 2.45) is 0 Å². The second kappa shape index (κ2) is 4.21. The van der Waals surface area contributed by atoms with Crippen LogP contribution in [0.15, 0.2) is 48.1 Å². The van der Waals surface area contributed by atoms with Gasteiger partial charge in [-0.3, -0.25) is 0 Å². The van der Waals surface area contributed by atoms with Crippen LogP contribution in [0.5, 0.6) is 0 Å². The van der Waals surface area contributed by atoms with Gasteiger partial charge in [0.25, 0.3) is 0 Å². The van der Waals surface area contributed by atoms with E-state index in [9.17, 15) is 4.79 Å². The van der Waals surface area contributed by atoms with E-state index in [1.54, 1.807) is 6.08 Å². The molecule has 2 rings (SSSR count). The van der Waals surface area contributed by atoms with E-state index in [-0.39, 0.29) is 5.41 Å². The number of hydrogen-bond acceptors (Lipinski definition) is 1. The van der Waals surface area contributed by atoms with Crippen molar-refractivity contribution < 1.29 is 9.90 Å². The predicted molar refractivity (Wildman–Crippen MR) is 68.0 cm³/mol. The Kier molecular flexibility index (Phi) is 2.88. The Hall–Kier alpha value is -1.83. The van der Waals surface area contributed by atoms with Gasteiger partial charge in [-0.15, -0.1) is 0 Å². The summed E-state index contributed by atoms with van der Waals surface area (Å²) < 4.78 is 0. The van der Waals surface area contributed by atoms with Gasteiger partial charge in [0.05, 0.1) is 0 Å². The fourth-order valence-corrected chi connectivity index (χ4v) is 2.24. The van der Waals surface area contributed by atoms with Crippen LogP contribution in [0, 0.1) is 6.92 Å². The minimum atomic E-state index is -0.826. The lowest BCUT2D eigenvalue weighted by Gasteiger charge is -2.29. The predicted octanol–water partition coefficient (Wildman–Crippen LogP) is 3.22. The quantitative estimate of drug-likeness (QED) is 0.843. The van der Waals surface area contributed by atoms with Gasteiger partial charge in [0.2, 0.25) is 0 Å². The zero-order valence-corrected chi connectivity index (χ0v) is 10.1. The Morgan fingerprint density at radius 3 is 2.82 bits per heavy atom. The van der Waals surface area contributed by atoms with Crippen LogP contribution in [0.3, 0.4) is 0 Å². The minimum Gasteiger partial charge on any atom is -0.478 e. The van der Waals surface area contributed by atoms with Gasteiger partial charge in [0.15, 0.2) is 0 Å². The van der Waals surface area contributed by atoms with Crippen LogP contribution in [-0.4, -0.2) is 11.1 Å². The second-order valence-electron chi connectivity index (χ2n) is 4.82. The molecule has 0 aliphatic heterocycles. The number of carboxylic acids is 1. The average molecular weight is 228 g/mol. The maximum atomic E-state index is 11.0. The van der Waals surface area contributed by atoms with Gasteiger partial charge < -0.3 is 5.11 Å². The summed E-state index contributed by atoms with van der Waals surface area (Å²) >= 11 is 0. The van der Waals surface area contributed by atoms with Crippen molar-refractivity contribution in [3.63, 3.8) is 0 Å². The summed E-state index contributed by atoms with van der Waals surface area (Å²) in [7, 11) is 0. The first-order valence-electron chi connectivity index (χ1n) is 5.70. The monoisotopic (exact) mass is 228 g/mol. The summed E-state index contributed by atoms with van der Waals surface area (Å²) in [4.78, 5) is 11.0. The number of allylic oxidation sites excluding steroid dienone is 3. The number of aliphatic carboxylic acids is 1. The van der Waals surface area contributed by atoms with E-state index in [4.69, 9.17) is 5.11 Å². The van der Waals surface area contributed by atoms with Crippen LogP contribution >= 0.6 is 0 Å². The molecule has 0 bridgehead atoms. The highest BCUT2D eigenvalue weighted by Gasteiger charge is 2.29. The summed E-state index contributed by atoms with van der Waals surface area (Å²) in [6, 6.07) is 8.24. The number of benzene rings is 1. The van der Waals surface area contributed by atoms with Gasteiger partial charge >= 0.3 is 5.97 Å². The maximum Gasteiger partial charge on any atom is 0.331 e. The van der Waals surface area contributed by atoms with E-state index in [0.29, 0.717) is 12.0 Å². The SMILES string of the molecule is Cc1cccc(C2(C)C=CC=C(C(=O)O)C2)c1. The molecule has 0 heterocycles. The Morgan fingerprint density at radius 1 is 1.41 bits per heavy atom. The lowest BCUT2D eigenvalue weighted by molar-refractivity contribution is -0.132. The average Bonchev–Trinajstić information content (AvgIpc) is 2.29. The number of carbonyl (C=O) groups is 1. The number of hydrogen-bond donors (Lipinski definition) is 1. The van der Waals surface area contributed by atoms with Crippen molar-refractivity contribution >= 4 is 5.97 Å². The van der Waals surface area contributed by atoms with Crippen LogP contribution in [0.25, 0.3) is 0 Å². The fraction of sp³-hybridized carbons (Fsp3) is 0.267. The molecule has 0 aromatic heterocycles. The normalized spacial score (nSPS) is 23.3. The molecule has 1 aromatic carbocycles. The van der Waals surface area contributed by atoms with Crippen LogP contribution in [0.2, 0.25) is 0 Å². The van der Waals surface area contributed by atoms with Gasteiger partial charge in [-0.25, -0.2) is 4.79 Å². The van der Waals surface area contributed by atoms with Gasteiger partial charge in [-0.1, -0.05) is 55.0 Å². The smallest absolute Gasteiger partial charge is 0.331 e. The van der Waals surface area contributed by atoms with Crippen molar-refractivity contribution in [3.8, 4) is 0 Å². The van der Waals surface area contributed by atoms with Crippen molar-refractivity contribution in [2.75, 3.05) is 0 Å². The van der Waals surface area contributed by atoms with E-state index in [2.05, 4.69) is 25.1 Å². The van der Waals surface area contributed by atoms with E-state index >= 15 is 0 Å². The van der Waals surface area contributed by atoms with Gasteiger partial charge in [0.1, 0.15) is 0 Å². The molecule has 1 atom stereocenters. The minimum absolute atomic E-state index is 0.214. The maximum absolute atomic E-state index is 11.0. The molecule has 2 nitrogen and oxygen atoms in total. The van der Waals surface area contributed by atoms with Gasteiger partial charge in [0, 0.05) is 11.0 Å².